The zero-order chi connectivity index (χ0) is 18.1. The molecule has 9 heteroatoms. The molecule has 26 heavy (non-hydrogen) atoms. The third kappa shape index (κ3) is 3.18. The van der Waals surface area contributed by atoms with Gasteiger partial charge in [0.1, 0.15) is 17.5 Å². The molecule has 130 valence electrons. The summed E-state index contributed by atoms with van der Waals surface area (Å²) in [6.07, 6.45) is 1.79. The van der Waals surface area contributed by atoms with Crippen LogP contribution < -0.4 is 5.32 Å². The fourth-order valence-electron chi connectivity index (χ4n) is 2.45. The number of nitrogens with zero attached hydrogens (tertiary/aromatic N) is 4. The van der Waals surface area contributed by atoms with Gasteiger partial charge < -0.3 is 10.3 Å². The second kappa shape index (κ2) is 6.10. The standard InChI is InChI=1S/C17H11F3N6/c18-17(19,20)11-3-1-2-10(6-11)16-24-12-7-14(23-8-13(12)25-16)26-15-9-21-4-5-22-15/h1-9H,(H,24,25)(H,22,23,26). The van der Waals surface area contributed by atoms with E-state index >= 15 is 0 Å². The lowest BCUT2D eigenvalue weighted by Crippen LogP contribution is -2.04. The molecule has 4 aromatic rings. The van der Waals surface area contributed by atoms with Crippen LogP contribution in [0.1, 0.15) is 5.56 Å². The number of nitrogens with one attached hydrogen (secondary N) is 2. The van der Waals surface area contributed by atoms with Gasteiger partial charge in [-0.2, -0.15) is 13.2 Å². The van der Waals surface area contributed by atoms with Gasteiger partial charge in [-0.3, -0.25) is 4.98 Å². The first-order valence-corrected chi connectivity index (χ1v) is 7.55. The minimum Gasteiger partial charge on any atom is -0.337 e. The summed E-state index contributed by atoms with van der Waals surface area (Å²) in [5, 5.41) is 2.99. The number of benzene rings is 1. The molecule has 0 saturated carbocycles. The van der Waals surface area contributed by atoms with E-state index in [9.17, 15) is 13.2 Å². The fraction of sp³-hybridized carbons (Fsp3) is 0.0588. The molecule has 0 aliphatic carbocycles. The van der Waals surface area contributed by atoms with Crippen LogP contribution in [0.25, 0.3) is 22.4 Å². The summed E-state index contributed by atoms with van der Waals surface area (Å²) in [7, 11) is 0. The molecule has 3 aromatic heterocycles. The number of anilines is 2. The highest BCUT2D eigenvalue weighted by Crippen LogP contribution is 2.32. The molecule has 3 heterocycles. The van der Waals surface area contributed by atoms with Gasteiger partial charge in [0.25, 0.3) is 0 Å². The normalized spacial score (nSPS) is 11.7. The molecule has 4 rings (SSSR count). The van der Waals surface area contributed by atoms with Gasteiger partial charge in [-0.1, -0.05) is 12.1 Å². The smallest absolute Gasteiger partial charge is 0.337 e. The van der Waals surface area contributed by atoms with Crippen molar-refractivity contribution in [2.75, 3.05) is 5.32 Å². The van der Waals surface area contributed by atoms with Gasteiger partial charge in [-0.25, -0.2) is 15.0 Å². The molecule has 1 aromatic carbocycles. The van der Waals surface area contributed by atoms with E-state index in [1.807, 2.05) is 0 Å². The quantitative estimate of drug-likeness (QED) is 0.576. The minimum atomic E-state index is -4.41. The molecule has 0 aliphatic heterocycles. The maximum atomic E-state index is 12.9. The number of H-pyrrole nitrogens is 1. The molecule has 0 bridgehead atoms. The van der Waals surface area contributed by atoms with Crippen molar-refractivity contribution >= 4 is 22.7 Å². The van der Waals surface area contributed by atoms with Crippen LogP contribution in [0.4, 0.5) is 24.8 Å². The molecule has 0 atom stereocenters. The Morgan fingerprint density at radius 3 is 2.62 bits per heavy atom. The van der Waals surface area contributed by atoms with Gasteiger partial charge in [0, 0.05) is 24.0 Å². The first kappa shape index (κ1) is 16.0. The maximum absolute atomic E-state index is 12.9. The number of aromatic amines is 1. The predicted octanol–water partition coefficient (Wildman–Crippen LogP) is 4.18. The van der Waals surface area contributed by atoms with Crippen molar-refractivity contribution in [1.82, 2.24) is 24.9 Å². The Labute approximate surface area is 145 Å². The third-order valence-electron chi connectivity index (χ3n) is 3.65. The lowest BCUT2D eigenvalue weighted by Gasteiger charge is -2.07. The van der Waals surface area contributed by atoms with Crippen LogP contribution in [0.3, 0.4) is 0 Å². The van der Waals surface area contributed by atoms with E-state index in [1.165, 1.54) is 6.07 Å². The van der Waals surface area contributed by atoms with Gasteiger partial charge in [0.05, 0.1) is 29.0 Å². The first-order chi connectivity index (χ1) is 12.5. The third-order valence-corrected chi connectivity index (χ3v) is 3.65. The summed E-state index contributed by atoms with van der Waals surface area (Å²) < 4.78 is 38.7. The van der Waals surface area contributed by atoms with Crippen molar-refractivity contribution in [2.24, 2.45) is 0 Å². The Balaban J connectivity index is 1.68. The lowest BCUT2D eigenvalue weighted by atomic mass is 10.1. The highest BCUT2D eigenvalue weighted by molar-refractivity contribution is 5.81. The average Bonchev–Trinajstić information content (AvgIpc) is 3.05. The number of fused-ring (bicyclic) bond motifs is 1. The number of hydrogen-bond acceptors (Lipinski definition) is 5. The van der Waals surface area contributed by atoms with Crippen LogP contribution in [0.2, 0.25) is 0 Å². The van der Waals surface area contributed by atoms with E-state index in [0.717, 1.165) is 12.1 Å². The number of halogens is 3. The fourth-order valence-corrected chi connectivity index (χ4v) is 2.45. The molecule has 0 unspecified atom stereocenters. The Hall–Kier alpha value is -3.49. The SMILES string of the molecule is FC(F)(F)c1cccc(-c2nc3cc(Nc4cnccn4)ncc3[nH]2)c1. The molecule has 0 radical (unpaired) electrons. The van der Waals surface area contributed by atoms with E-state index in [1.54, 1.807) is 36.9 Å². The largest absolute Gasteiger partial charge is 0.416 e. The summed E-state index contributed by atoms with van der Waals surface area (Å²) in [6, 6.07) is 6.68. The lowest BCUT2D eigenvalue weighted by molar-refractivity contribution is -0.137. The summed E-state index contributed by atoms with van der Waals surface area (Å²) in [6.45, 7) is 0. The van der Waals surface area contributed by atoms with Crippen molar-refractivity contribution < 1.29 is 13.2 Å². The van der Waals surface area contributed by atoms with Crippen LogP contribution in [0.15, 0.2) is 55.1 Å². The van der Waals surface area contributed by atoms with E-state index in [4.69, 9.17) is 0 Å². The van der Waals surface area contributed by atoms with Crippen LogP contribution in [-0.2, 0) is 6.18 Å². The first-order valence-electron chi connectivity index (χ1n) is 7.55. The molecule has 0 fully saturated rings. The monoisotopic (exact) mass is 356 g/mol. The van der Waals surface area contributed by atoms with E-state index in [-0.39, 0.29) is 0 Å². The highest BCUT2D eigenvalue weighted by Gasteiger charge is 2.30. The Kier molecular flexibility index (Phi) is 3.76. The minimum absolute atomic E-state index is 0.338. The van der Waals surface area contributed by atoms with Crippen LogP contribution in [0.5, 0.6) is 0 Å². The van der Waals surface area contributed by atoms with Crippen LogP contribution in [-0.4, -0.2) is 24.9 Å². The predicted molar refractivity (Wildman–Crippen MR) is 89.6 cm³/mol. The van der Waals surface area contributed by atoms with Crippen molar-refractivity contribution in [3.05, 3.63) is 60.7 Å². The molecule has 0 amide bonds. The molecule has 6 nitrogen and oxygen atoms in total. The van der Waals surface area contributed by atoms with Gasteiger partial charge in [0.2, 0.25) is 0 Å². The number of aromatic nitrogens is 5. The Bertz CT molecular complexity index is 1060. The molecule has 2 N–H and O–H groups in total. The van der Waals surface area contributed by atoms with Crippen molar-refractivity contribution in [3.8, 4) is 11.4 Å². The van der Waals surface area contributed by atoms with Crippen molar-refractivity contribution in [2.45, 2.75) is 6.18 Å². The Morgan fingerprint density at radius 2 is 1.85 bits per heavy atom. The summed E-state index contributed by atoms with van der Waals surface area (Å²) >= 11 is 0. The van der Waals surface area contributed by atoms with Crippen molar-refractivity contribution in [3.63, 3.8) is 0 Å². The van der Waals surface area contributed by atoms with Gasteiger partial charge >= 0.3 is 6.18 Å². The molecule has 0 saturated heterocycles. The van der Waals surface area contributed by atoms with Crippen molar-refractivity contribution in [1.29, 1.82) is 0 Å². The zero-order valence-corrected chi connectivity index (χ0v) is 13.1. The highest BCUT2D eigenvalue weighted by atomic mass is 19.4. The maximum Gasteiger partial charge on any atom is 0.416 e. The Morgan fingerprint density at radius 1 is 0.962 bits per heavy atom. The summed E-state index contributed by atoms with van der Waals surface area (Å²) in [5.41, 5.74) is 0.805. The van der Waals surface area contributed by atoms with E-state index in [2.05, 4.69) is 30.2 Å². The zero-order valence-electron chi connectivity index (χ0n) is 13.1. The second-order valence-electron chi connectivity index (χ2n) is 5.47. The van der Waals surface area contributed by atoms with Gasteiger partial charge in [-0.15, -0.1) is 0 Å². The van der Waals surface area contributed by atoms with E-state index < -0.39 is 11.7 Å². The summed E-state index contributed by atoms with van der Waals surface area (Å²) in [4.78, 5) is 19.6. The van der Waals surface area contributed by atoms with Crippen LogP contribution >= 0.6 is 0 Å². The number of imidazole rings is 1. The number of rotatable bonds is 3. The van der Waals surface area contributed by atoms with Crippen LogP contribution in [0, 0.1) is 0 Å². The molecule has 0 spiro atoms. The van der Waals surface area contributed by atoms with Gasteiger partial charge in [0.15, 0.2) is 0 Å². The second-order valence-corrected chi connectivity index (χ2v) is 5.47. The average molecular weight is 356 g/mol. The van der Waals surface area contributed by atoms with E-state index in [0.29, 0.717) is 34.1 Å². The topological polar surface area (TPSA) is 79.4 Å². The number of hydrogen-bond donors (Lipinski definition) is 2. The molecule has 0 aliphatic rings. The van der Waals surface area contributed by atoms with Gasteiger partial charge in [-0.05, 0) is 12.1 Å². The number of alkyl halides is 3. The molecular weight excluding hydrogens is 345 g/mol. The number of pyridine rings is 1. The molecular formula is C17H11F3N6. The summed E-state index contributed by atoms with van der Waals surface area (Å²) in [5.74, 6) is 1.36.